The van der Waals surface area contributed by atoms with Crippen molar-refractivity contribution in [3.63, 3.8) is 0 Å². The molecule has 2 rings (SSSR count). The van der Waals surface area contributed by atoms with E-state index in [0.29, 0.717) is 19.1 Å². The number of rotatable bonds is 15. The molecule has 1 heterocycles. The van der Waals surface area contributed by atoms with Crippen molar-refractivity contribution in [2.75, 3.05) is 20.4 Å². The van der Waals surface area contributed by atoms with Gasteiger partial charge in [0.2, 0.25) is 0 Å². The maximum absolute atomic E-state index is 12.8. The Morgan fingerprint density at radius 2 is 1.64 bits per heavy atom. The van der Waals surface area contributed by atoms with Crippen LogP contribution in [-0.4, -0.2) is 41.6 Å². The molecule has 0 bridgehead atoms. The third kappa shape index (κ3) is 8.40. The lowest BCUT2D eigenvalue weighted by molar-refractivity contribution is -0.142. The predicted octanol–water partition coefficient (Wildman–Crippen LogP) is 7.13. The number of carbonyl (C=O) groups is 1. The summed E-state index contributed by atoms with van der Waals surface area (Å²) in [6.07, 6.45) is 13.5. The number of fused-ring (bicyclic) bond motifs is 1. The van der Waals surface area contributed by atoms with Gasteiger partial charge in [0, 0.05) is 17.7 Å². The Balaban J connectivity index is 1.97. The van der Waals surface area contributed by atoms with Gasteiger partial charge in [0.05, 0.1) is 11.5 Å². The first-order chi connectivity index (χ1) is 15.9. The molecule has 1 aromatic rings. The van der Waals surface area contributed by atoms with E-state index in [1.165, 1.54) is 63.1 Å². The molecule has 1 atom stereocenters. The second-order valence-corrected chi connectivity index (χ2v) is 10.6. The minimum atomic E-state index is -0.285. The van der Waals surface area contributed by atoms with Crippen LogP contribution >= 0.6 is 11.8 Å². The zero-order chi connectivity index (χ0) is 24.2. The molecule has 0 fully saturated rings. The maximum Gasteiger partial charge on any atom is 0.319 e. The minimum Gasteiger partial charge on any atom is -0.507 e. The molecule has 0 aliphatic carbocycles. The van der Waals surface area contributed by atoms with Crippen LogP contribution in [0.2, 0.25) is 0 Å². The Morgan fingerprint density at radius 3 is 2.24 bits per heavy atom. The quantitative estimate of drug-likeness (QED) is 0.164. The number of phenolic OH excluding ortho intramolecular Hbond substituents is 1. The van der Waals surface area contributed by atoms with E-state index < -0.39 is 0 Å². The highest BCUT2D eigenvalue weighted by Gasteiger charge is 2.29. The highest BCUT2D eigenvalue weighted by molar-refractivity contribution is 8.00. The monoisotopic (exact) mass is 479 g/mol. The third-order valence-electron chi connectivity index (χ3n) is 6.47. The van der Waals surface area contributed by atoms with E-state index in [1.807, 2.05) is 27.8 Å². The van der Waals surface area contributed by atoms with Crippen LogP contribution in [-0.2, 0) is 16.1 Å². The molecule has 0 saturated heterocycles. The topological polar surface area (TPSA) is 59.0 Å². The summed E-state index contributed by atoms with van der Waals surface area (Å²) in [6.45, 7) is 9.57. The van der Waals surface area contributed by atoms with Gasteiger partial charge in [-0.2, -0.15) is 0 Å². The van der Waals surface area contributed by atoms with Crippen molar-refractivity contribution in [3.05, 3.63) is 16.7 Å². The minimum absolute atomic E-state index is 0.167. The molecular weight excluding hydrogens is 434 g/mol. The molecule has 188 valence electrons. The molecule has 6 heteroatoms. The van der Waals surface area contributed by atoms with E-state index in [-0.39, 0.29) is 11.2 Å². The fraction of sp³-hybridized carbons (Fsp3) is 0.741. The van der Waals surface area contributed by atoms with Gasteiger partial charge in [-0.3, -0.25) is 9.69 Å². The van der Waals surface area contributed by atoms with Gasteiger partial charge in [0.1, 0.15) is 23.5 Å². The zero-order valence-electron chi connectivity index (χ0n) is 21.5. The van der Waals surface area contributed by atoms with E-state index in [1.54, 1.807) is 0 Å². The van der Waals surface area contributed by atoms with Crippen LogP contribution in [0.4, 0.5) is 0 Å². The second-order valence-electron chi connectivity index (χ2n) is 9.35. The molecule has 0 spiro atoms. The predicted molar refractivity (Wildman–Crippen MR) is 137 cm³/mol. The molecule has 1 aliphatic rings. The van der Waals surface area contributed by atoms with Crippen molar-refractivity contribution in [1.29, 1.82) is 0 Å². The Morgan fingerprint density at radius 1 is 1.03 bits per heavy atom. The summed E-state index contributed by atoms with van der Waals surface area (Å²) < 4.78 is 11.5. The number of thioether (sulfide) groups is 1. The number of nitrogens with zero attached hydrogens (tertiary/aromatic N) is 1. The summed E-state index contributed by atoms with van der Waals surface area (Å²) in [6, 6.07) is 0. The number of esters is 1. The number of unbranched alkanes of at least 4 members (excludes halogenated alkanes) is 9. The summed E-state index contributed by atoms with van der Waals surface area (Å²) in [7, 11) is 2.00. The van der Waals surface area contributed by atoms with Crippen molar-refractivity contribution < 1.29 is 19.4 Å². The largest absolute Gasteiger partial charge is 0.507 e. The van der Waals surface area contributed by atoms with Crippen molar-refractivity contribution in [1.82, 2.24) is 4.90 Å². The molecule has 1 N–H and O–H groups in total. The number of benzene rings is 1. The van der Waals surface area contributed by atoms with Crippen LogP contribution in [0.3, 0.4) is 0 Å². The summed E-state index contributed by atoms with van der Waals surface area (Å²) in [4.78, 5) is 15.7. The Kier molecular flexibility index (Phi) is 12.5. The first-order valence-corrected chi connectivity index (χ1v) is 13.8. The average Bonchev–Trinajstić information content (AvgIpc) is 2.80. The van der Waals surface area contributed by atoms with E-state index in [2.05, 4.69) is 11.8 Å². The molecule has 0 amide bonds. The smallest absolute Gasteiger partial charge is 0.319 e. The maximum atomic E-state index is 12.8. The SMILES string of the molecule is CCCCCCCCCCCCC(Sc1c(C)c(O)c(C)c2c1OCN(C)C2)C(=O)OCC. The van der Waals surface area contributed by atoms with Crippen molar-refractivity contribution in [3.8, 4) is 11.5 Å². The van der Waals surface area contributed by atoms with Crippen LogP contribution in [0.15, 0.2) is 4.90 Å². The molecule has 0 aromatic heterocycles. The van der Waals surface area contributed by atoms with Crippen molar-refractivity contribution in [2.45, 2.75) is 115 Å². The number of phenols is 1. The average molecular weight is 480 g/mol. The van der Waals surface area contributed by atoms with E-state index in [9.17, 15) is 9.90 Å². The fourth-order valence-electron chi connectivity index (χ4n) is 4.40. The van der Waals surface area contributed by atoms with Gasteiger partial charge in [-0.15, -0.1) is 11.8 Å². The highest BCUT2D eigenvalue weighted by Crippen LogP contribution is 2.46. The molecular formula is C27H45NO4S. The van der Waals surface area contributed by atoms with Gasteiger partial charge in [0.25, 0.3) is 0 Å². The summed E-state index contributed by atoms with van der Waals surface area (Å²) >= 11 is 1.50. The number of hydrogen-bond donors (Lipinski definition) is 1. The van der Waals surface area contributed by atoms with Crippen LogP contribution in [0, 0.1) is 13.8 Å². The summed E-state index contributed by atoms with van der Waals surface area (Å²) in [5, 5.41) is 10.5. The first kappa shape index (κ1) is 27.8. The molecule has 5 nitrogen and oxygen atoms in total. The lowest BCUT2D eigenvalue weighted by atomic mass is 10.0. The Bertz CT molecular complexity index is 752. The highest BCUT2D eigenvalue weighted by atomic mass is 32.2. The first-order valence-electron chi connectivity index (χ1n) is 12.9. The Labute approximate surface area is 205 Å². The van der Waals surface area contributed by atoms with E-state index in [0.717, 1.165) is 53.1 Å². The van der Waals surface area contributed by atoms with Crippen LogP contribution in [0.25, 0.3) is 0 Å². The normalized spacial score (nSPS) is 14.6. The number of aromatic hydroxyl groups is 1. The summed E-state index contributed by atoms with van der Waals surface area (Å²) in [5.74, 6) is 0.958. The number of hydrogen-bond acceptors (Lipinski definition) is 6. The van der Waals surface area contributed by atoms with Crippen LogP contribution in [0.1, 0.15) is 101 Å². The molecule has 1 aliphatic heterocycles. The van der Waals surface area contributed by atoms with E-state index >= 15 is 0 Å². The Hall–Kier alpha value is -1.40. The molecule has 0 saturated carbocycles. The second kappa shape index (κ2) is 14.8. The van der Waals surface area contributed by atoms with Gasteiger partial charge in [-0.1, -0.05) is 71.1 Å². The number of carbonyl (C=O) groups excluding carboxylic acids is 1. The van der Waals surface area contributed by atoms with Crippen LogP contribution in [0.5, 0.6) is 11.5 Å². The number of ether oxygens (including phenoxy) is 2. The molecule has 0 radical (unpaired) electrons. The van der Waals surface area contributed by atoms with E-state index in [4.69, 9.17) is 9.47 Å². The van der Waals surface area contributed by atoms with Crippen molar-refractivity contribution >= 4 is 17.7 Å². The lowest BCUT2D eigenvalue weighted by Gasteiger charge is -2.30. The van der Waals surface area contributed by atoms with Crippen molar-refractivity contribution in [2.24, 2.45) is 0 Å². The molecule has 1 unspecified atom stereocenters. The molecule has 33 heavy (non-hydrogen) atoms. The fourth-order valence-corrected chi connectivity index (χ4v) is 5.70. The van der Waals surface area contributed by atoms with Gasteiger partial charge in [-0.05, 0) is 39.8 Å². The lowest BCUT2D eigenvalue weighted by Crippen LogP contribution is -2.29. The van der Waals surface area contributed by atoms with Gasteiger partial charge < -0.3 is 14.6 Å². The summed E-state index contributed by atoms with van der Waals surface area (Å²) in [5.41, 5.74) is 2.66. The van der Waals surface area contributed by atoms with Gasteiger partial charge in [-0.25, -0.2) is 0 Å². The van der Waals surface area contributed by atoms with Gasteiger partial charge >= 0.3 is 5.97 Å². The zero-order valence-corrected chi connectivity index (χ0v) is 22.3. The molecule has 1 aromatic carbocycles. The standard InChI is InChI=1S/C27H45NO4S/c1-6-8-9-10-11-12-13-14-15-16-17-23(27(30)31-7-2)33-26-21(4)24(29)20(3)22-18-28(5)19-32-25(22)26/h23,29H,6-19H2,1-5H3. The van der Waals surface area contributed by atoms with Gasteiger partial charge in [0.15, 0.2) is 0 Å². The third-order valence-corrected chi connectivity index (χ3v) is 7.91. The van der Waals surface area contributed by atoms with Crippen LogP contribution < -0.4 is 4.74 Å².